The predicted octanol–water partition coefficient (Wildman–Crippen LogP) is 6.30. The molecule has 2 aromatic carbocycles. The van der Waals surface area contributed by atoms with E-state index in [2.05, 4.69) is 63.9 Å². The van der Waals surface area contributed by atoms with Gasteiger partial charge in [0, 0.05) is 15.9 Å². The molecule has 0 saturated carbocycles. The molecule has 0 aliphatic carbocycles. The summed E-state index contributed by atoms with van der Waals surface area (Å²) >= 11 is 13.6. The van der Waals surface area contributed by atoms with Crippen LogP contribution in [0.1, 0.15) is 35.4 Å². The van der Waals surface area contributed by atoms with Gasteiger partial charge in [0.2, 0.25) is 0 Å². The van der Waals surface area contributed by atoms with Crippen LogP contribution in [0.4, 0.5) is 0 Å². The van der Waals surface area contributed by atoms with Crippen LogP contribution in [0.5, 0.6) is 5.75 Å². The van der Waals surface area contributed by atoms with Crippen LogP contribution in [0.2, 0.25) is 5.02 Å². The average molecular weight is 431 g/mol. The lowest BCUT2D eigenvalue weighted by Crippen LogP contribution is -2.24. The molecular formula is C17H15Br2ClO. The molecule has 0 spiro atoms. The van der Waals surface area contributed by atoms with Gasteiger partial charge in [0.1, 0.15) is 11.4 Å². The summed E-state index contributed by atoms with van der Waals surface area (Å²) in [5, 5.41) is 0.753. The standard InChI is InChI=1S/C17H15Br2ClO/c1-17(2)9-11-7-10(3-6-15(11)21-17)16(19)13-5-4-12(18)8-14(13)20/h3-8,16H,9H2,1-2H3. The highest BCUT2D eigenvalue weighted by Gasteiger charge is 2.30. The molecule has 0 bridgehead atoms. The average Bonchev–Trinajstić information content (AvgIpc) is 2.70. The van der Waals surface area contributed by atoms with Gasteiger partial charge in [-0.1, -0.05) is 61.7 Å². The van der Waals surface area contributed by atoms with Crippen LogP contribution in [-0.4, -0.2) is 5.60 Å². The zero-order valence-corrected chi connectivity index (χ0v) is 15.7. The van der Waals surface area contributed by atoms with Crippen molar-refractivity contribution >= 4 is 43.5 Å². The second-order valence-electron chi connectivity index (χ2n) is 5.93. The van der Waals surface area contributed by atoms with Gasteiger partial charge in [-0.05, 0) is 48.7 Å². The molecule has 1 nitrogen and oxygen atoms in total. The first kappa shape index (κ1) is 15.4. The van der Waals surface area contributed by atoms with E-state index in [0.29, 0.717) is 0 Å². The molecule has 1 heterocycles. The SMILES string of the molecule is CC1(C)Cc2cc(C(Br)c3ccc(Br)cc3Cl)ccc2O1. The molecule has 1 aliphatic rings. The zero-order valence-electron chi connectivity index (χ0n) is 11.8. The monoisotopic (exact) mass is 428 g/mol. The second-order valence-corrected chi connectivity index (χ2v) is 8.17. The van der Waals surface area contributed by atoms with Crippen LogP contribution in [0.3, 0.4) is 0 Å². The van der Waals surface area contributed by atoms with Gasteiger partial charge in [-0.25, -0.2) is 0 Å². The predicted molar refractivity (Wildman–Crippen MR) is 94.8 cm³/mol. The highest BCUT2D eigenvalue weighted by molar-refractivity contribution is 9.10. The van der Waals surface area contributed by atoms with Gasteiger partial charge in [0.25, 0.3) is 0 Å². The van der Waals surface area contributed by atoms with E-state index >= 15 is 0 Å². The highest BCUT2D eigenvalue weighted by Crippen LogP contribution is 2.41. The summed E-state index contributed by atoms with van der Waals surface area (Å²) in [5.74, 6) is 0.991. The highest BCUT2D eigenvalue weighted by atomic mass is 79.9. The summed E-state index contributed by atoms with van der Waals surface area (Å²) < 4.78 is 6.91. The molecule has 0 radical (unpaired) electrons. The third kappa shape index (κ3) is 3.15. The maximum absolute atomic E-state index is 6.35. The first-order valence-electron chi connectivity index (χ1n) is 6.76. The Labute approximate surface area is 146 Å². The van der Waals surface area contributed by atoms with E-state index in [1.165, 1.54) is 11.1 Å². The smallest absolute Gasteiger partial charge is 0.123 e. The van der Waals surface area contributed by atoms with Crippen molar-refractivity contribution < 1.29 is 4.74 Å². The van der Waals surface area contributed by atoms with E-state index in [-0.39, 0.29) is 10.4 Å². The largest absolute Gasteiger partial charge is 0.487 e. The number of hydrogen-bond acceptors (Lipinski definition) is 1. The van der Waals surface area contributed by atoms with Gasteiger partial charge < -0.3 is 4.74 Å². The summed E-state index contributed by atoms with van der Waals surface area (Å²) in [7, 11) is 0. The molecule has 0 N–H and O–H groups in total. The van der Waals surface area contributed by atoms with Crippen LogP contribution >= 0.6 is 43.5 Å². The van der Waals surface area contributed by atoms with E-state index < -0.39 is 0 Å². The minimum absolute atomic E-state index is 0.0760. The van der Waals surface area contributed by atoms with Crippen molar-refractivity contribution in [3.63, 3.8) is 0 Å². The number of rotatable bonds is 2. The number of alkyl halides is 1. The van der Waals surface area contributed by atoms with Crippen molar-refractivity contribution in [1.29, 1.82) is 0 Å². The third-order valence-corrected chi connectivity index (χ3v) is 5.46. The molecule has 110 valence electrons. The van der Waals surface area contributed by atoms with Crippen LogP contribution in [0.15, 0.2) is 40.9 Å². The lowest BCUT2D eigenvalue weighted by atomic mass is 9.98. The molecule has 1 atom stereocenters. The molecule has 0 aromatic heterocycles. The van der Waals surface area contributed by atoms with E-state index in [9.17, 15) is 0 Å². The molecule has 1 unspecified atom stereocenters. The van der Waals surface area contributed by atoms with Crippen molar-refractivity contribution in [3.05, 3.63) is 62.6 Å². The summed E-state index contributed by atoms with van der Waals surface area (Å²) in [5.41, 5.74) is 3.41. The Morgan fingerprint density at radius 1 is 1.19 bits per heavy atom. The van der Waals surface area contributed by atoms with Crippen molar-refractivity contribution in [3.8, 4) is 5.75 Å². The Morgan fingerprint density at radius 2 is 1.95 bits per heavy atom. The van der Waals surface area contributed by atoms with Crippen molar-refractivity contribution in [1.82, 2.24) is 0 Å². The Morgan fingerprint density at radius 3 is 2.67 bits per heavy atom. The van der Waals surface area contributed by atoms with Gasteiger partial charge in [0.05, 0.1) is 4.83 Å². The number of ether oxygens (including phenoxy) is 1. The fourth-order valence-electron chi connectivity index (χ4n) is 2.67. The molecule has 1 aliphatic heterocycles. The Kier molecular flexibility index (Phi) is 4.10. The zero-order chi connectivity index (χ0) is 15.2. The summed E-state index contributed by atoms with van der Waals surface area (Å²) in [6.45, 7) is 4.23. The van der Waals surface area contributed by atoms with Crippen LogP contribution < -0.4 is 4.74 Å². The molecule has 0 fully saturated rings. The number of fused-ring (bicyclic) bond motifs is 1. The molecule has 4 heteroatoms. The number of benzene rings is 2. The third-order valence-electron chi connectivity index (χ3n) is 3.62. The van der Waals surface area contributed by atoms with E-state index in [0.717, 1.165) is 27.2 Å². The van der Waals surface area contributed by atoms with Crippen molar-refractivity contribution in [2.75, 3.05) is 0 Å². The fourth-order valence-corrected chi connectivity index (χ4v) is 4.27. The molecule has 3 rings (SSSR count). The van der Waals surface area contributed by atoms with E-state index in [1.54, 1.807) is 0 Å². The van der Waals surface area contributed by atoms with Crippen molar-refractivity contribution in [2.45, 2.75) is 30.7 Å². The molecule has 0 saturated heterocycles. The van der Waals surface area contributed by atoms with Crippen LogP contribution in [-0.2, 0) is 6.42 Å². The molecule has 21 heavy (non-hydrogen) atoms. The molecular weight excluding hydrogens is 415 g/mol. The van der Waals surface area contributed by atoms with Gasteiger partial charge >= 0.3 is 0 Å². The maximum atomic E-state index is 6.35. The second kappa shape index (κ2) is 5.60. The first-order chi connectivity index (χ1) is 9.85. The minimum Gasteiger partial charge on any atom is -0.487 e. The van der Waals surface area contributed by atoms with Gasteiger partial charge in [0.15, 0.2) is 0 Å². The summed E-state index contributed by atoms with van der Waals surface area (Å²) in [6.07, 6.45) is 0.934. The van der Waals surface area contributed by atoms with E-state index in [1.807, 2.05) is 18.2 Å². The fraction of sp³-hybridized carbons (Fsp3) is 0.294. The minimum atomic E-state index is -0.113. The van der Waals surface area contributed by atoms with Crippen LogP contribution in [0, 0.1) is 0 Å². The topological polar surface area (TPSA) is 9.23 Å². The lowest BCUT2D eigenvalue weighted by molar-refractivity contribution is 0.138. The Hall–Kier alpha value is -0.510. The van der Waals surface area contributed by atoms with Crippen LogP contribution in [0.25, 0.3) is 0 Å². The molecule has 2 aromatic rings. The quantitative estimate of drug-likeness (QED) is 0.508. The first-order valence-corrected chi connectivity index (χ1v) is 8.85. The summed E-state index contributed by atoms with van der Waals surface area (Å²) in [6, 6.07) is 12.3. The van der Waals surface area contributed by atoms with Gasteiger partial charge in [-0.3, -0.25) is 0 Å². The van der Waals surface area contributed by atoms with E-state index in [4.69, 9.17) is 16.3 Å². The summed E-state index contributed by atoms with van der Waals surface area (Å²) in [4.78, 5) is 0.0760. The van der Waals surface area contributed by atoms with Gasteiger partial charge in [-0.15, -0.1) is 0 Å². The lowest BCUT2D eigenvalue weighted by Gasteiger charge is -2.16. The maximum Gasteiger partial charge on any atom is 0.123 e. The van der Waals surface area contributed by atoms with Crippen molar-refractivity contribution in [2.24, 2.45) is 0 Å². The molecule has 0 amide bonds. The van der Waals surface area contributed by atoms with Gasteiger partial charge in [-0.2, -0.15) is 0 Å². The number of halogens is 3. The normalized spacial score (nSPS) is 17.2. The Balaban J connectivity index is 1.95. The number of hydrogen-bond donors (Lipinski definition) is 0. The Bertz CT molecular complexity index is 697.